The van der Waals surface area contributed by atoms with Crippen molar-refractivity contribution in [2.45, 2.75) is 25.7 Å². The number of nitrogens with one attached hydrogen (secondary N) is 1. The van der Waals surface area contributed by atoms with E-state index in [9.17, 15) is 0 Å². The highest BCUT2D eigenvalue weighted by Crippen LogP contribution is 2.15. The molecular formula is C14H24N2O. The predicted molar refractivity (Wildman–Crippen MR) is 72.5 cm³/mol. The Balaban J connectivity index is 2.27. The largest absolute Gasteiger partial charge is 0.492 e. The van der Waals surface area contributed by atoms with Crippen LogP contribution in [-0.2, 0) is 6.42 Å². The first-order chi connectivity index (χ1) is 8.36. The molecule has 0 saturated carbocycles. The van der Waals surface area contributed by atoms with Crippen LogP contribution in [0.5, 0.6) is 5.75 Å². The Morgan fingerprint density at radius 2 is 2.12 bits per heavy atom. The van der Waals surface area contributed by atoms with Gasteiger partial charge >= 0.3 is 0 Å². The number of nitrogens with two attached hydrogens (primary N) is 1. The number of hydrogen-bond acceptors (Lipinski definition) is 3. The van der Waals surface area contributed by atoms with Crippen LogP contribution < -0.4 is 15.8 Å². The van der Waals surface area contributed by atoms with Crippen LogP contribution in [0.25, 0.3) is 0 Å². The van der Waals surface area contributed by atoms with Crippen molar-refractivity contribution in [1.82, 2.24) is 5.32 Å². The number of unbranched alkanes of at least 4 members (excludes halogenated alkanes) is 2. The Morgan fingerprint density at radius 1 is 1.24 bits per heavy atom. The maximum absolute atomic E-state index is 5.51. The minimum Gasteiger partial charge on any atom is -0.492 e. The molecule has 0 heterocycles. The first kappa shape index (κ1) is 14.0. The molecule has 0 amide bonds. The van der Waals surface area contributed by atoms with Crippen LogP contribution in [0, 0.1) is 0 Å². The first-order valence-corrected chi connectivity index (χ1v) is 6.43. The Labute approximate surface area is 104 Å². The maximum atomic E-state index is 5.51. The quantitative estimate of drug-likeness (QED) is 0.644. The summed E-state index contributed by atoms with van der Waals surface area (Å²) in [4.78, 5) is 0. The molecule has 3 N–H and O–H groups in total. The molecule has 0 saturated heterocycles. The van der Waals surface area contributed by atoms with Crippen molar-refractivity contribution in [3.8, 4) is 5.75 Å². The van der Waals surface area contributed by atoms with Gasteiger partial charge < -0.3 is 15.8 Å². The molecule has 0 radical (unpaired) electrons. The van der Waals surface area contributed by atoms with E-state index in [1.807, 2.05) is 13.1 Å². The third-order valence-corrected chi connectivity index (χ3v) is 2.68. The summed E-state index contributed by atoms with van der Waals surface area (Å²) in [5.74, 6) is 0.933. The van der Waals surface area contributed by atoms with E-state index in [0.29, 0.717) is 13.2 Å². The molecule has 1 rings (SSSR count). The topological polar surface area (TPSA) is 47.3 Å². The van der Waals surface area contributed by atoms with Gasteiger partial charge in [0.2, 0.25) is 0 Å². The smallest absolute Gasteiger partial charge is 0.119 e. The van der Waals surface area contributed by atoms with E-state index >= 15 is 0 Å². The van der Waals surface area contributed by atoms with Crippen LogP contribution >= 0.6 is 0 Å². The van der Waals surface area contributed by atoms with Gasteiger partial charge in [0, 0.05) is 6.54 Å². The lowest BCUT2D eigenvalue weighted by Crippen LogP contribution is -2.10. The summed E-state index contributed by atoms with van der Waals surface area (Å²) >= 11 is 0. The molecule has 0 atom stereocenters. The molecule has 1 aromatic carbocycles. The SMILES string of the molecule is CNCCCCCc1cccc(OCCN)c1. The molecule has 0 aliphatic heterocycles. The van der Waals surface area contributed by atoms with Crippen LogP contribution in [0.15, 0.2) is 24.3 Å². The molecule has 3 nitrogen and oxygen atoms in total. The van der Waals surface area contributed by atoms with Crippen molar-refractivity contribution in [2.75, 3.05) is 26.7 Å². The molecule has 0 spiro atoms. The lowest BCUT2D eigenvalue weighted by molar-refractivity contribution is 0.328. The zero-order chi connectivity index (χ0) is 12.3. The summed E-state index contributed by atoms with van der Waals surface area (Å²) in [5, 5.41) is 3.17. The molecule has 0 aromatic heterocycles. The van der Waals surface area contributed by atoms with Crippen LogP contribution in [0.1, 0.15) is 24.8 Å². The fourth-order valence-corrected chi connectivity index (χ4v) is 1.78. The molecule has 0 aliphatic rings. The third-order valence-electron chi connectivity index (χ3n) is 2.68. The van der Waals surface area contributed by atoms with Crippen molar-refractivity contribution < 1.29 is 4.74 Å². The lowest BCUT2D eigenvalue weighted by atomic mass is 10.1. The molecule has 0 fully saturated rings. The van der Waals surface area contributed by atoms with Gasteiger partial charge in [0.25, 0.3) is 0 Å². The van der Waals surface area contributed by atoms with Gasteiger partial charge in [-0.3, -0.25) is 0 Å². The first-order valence-electron chi connectivity index (χ1n) is 6.43. The van der Waals surface area contributed by atoms with Crippen LogP contribution in [0.4, 0.5) is 0 Å². The van der Waals surface area contributed by atoms with E-state index in [4.69, 9.17) is 10.5 Å². The molecule has 0 unspecified atom stereocenters. The van der Waals surface area contributed by atoms with Gasteiger partial charge in [0.05, 0.1) is 0 Å². The van der Waals surface area contributed by atoms with E-state index in [1.54, 1.807) is 0 Å². The fraction of sp³-hybridized carbons (Fsp3) is 0.571. The highest BCUT2D eigenvalue weighted by atomic mass is 16.5. The van der Waals surface area contributed by atoms with Gasteiger partial charge in [0.15, 0.2) is 0 Å². The van der Waals surface area contributed by atoms with Crippen molar-refractivity contribution in [1.29, 1.82) is 0 Å². The highest BCUT2D eigenvalue weighted by Gasteiger charge is 1.97. The van der Waals surface area contributed by atoms with Crippen molar-refractivity contribution >= 4 is 0 Å². The zero-order valence-electron chi connectivity index (χ0n) is 10.7. The van der Waals surface area contributed by atoms with Gasteiger partial charge in [0.1, 0.15) is 12.4 Å². The molecular weight excluding hydrogens is 212 g/mol. The van der Waals surface area contributed by atoms with Crippen LogP contribution in [0.2, 0.25) is 0 Å². The summed E-state index contributed by atoms with van der Waals surface area (Å²) in [5.41, 5.74) is 6.76. The van der Waals surface area contributed by atoms with Crippen molar-refractivity contribution in [2.24, 2.45) is 5.73 Å². The number of rotatable bonds is 9. The van der Waals surface area contributed by atoms with E-state index in [1.165, 1.54) is 24.8 Å². The Kier molecular flexibility index (Phi) is 7.43. The highest BCUT2D eigenvalue weighted by molar-refractivity contribution is 5.28. The third kappa shape index (κ3) is 6.29. The molecule has 0 aliphatic carbocycles. The number of hydrogen-bond donors (Lipinski definition) is 2. The molecule has 3 heteroatoms. The average molecular weight is 236 g/mol. The van der Waals surface area contributed by atoms with Gasteiger partial charge in [-0.15, -0.1) is 0 Å². The fourth-order valence-electron chi connectivity index (χ4n) is 1.78. The summed E-state index contributed by atoms with van der Waals surface area (Å²) in [7, 11) is 2.00. The number of aryl methyl sites for hydroxylation is 1. The zero-order valence-corrected chi connectivity index (χ0v) is 10.7. The van der Waals surface area contributed by atoms with E-state index < -0.39 is 0 Å². The second-order valence-electron chi connectivity index (χ2n) is 4.20. The second kappa shape index (κ2) is 9.02. The number of benzene rings is 1. The minimum atomic E-state index is 0.564. The van der Waals surface area contributed by atoms with Crippen LogP contribution in [-0.4, -0.2) is 26.7 Å². The lowest BCUT2D eigenvalue weighted by Gasteiger charge is -2.07. The van der Waals surface area contributed by atoms with Crippen LogP contribution in [0.3, 0.4) is 0 Å². The maximum Gasteiger partial charge on any atom is 0.119 e. The summed E-state index contributed by atoms with van der Waals surface area (Å²) in [6, 6.07) is 8.32. The summed E-state index contributed by atoms with van der Waals surface area (Å²) in [6.45, 7) is 2.26. The Morgan fingerprint density at radius 3 is 2.88 bits per heavy atom. The van der Waals surface area contributed by atoms with Crippen molar-refractivity contribution in [3.63, 3.8) is 0 Å². The van der Waals surface area contributed by atoms with E-state index in [0.717, 1.165) is 18.7 Å². The average Bonchev–Trinajstić information content (AvgIpc) is 2.37. The van der Waals surface area contributed by atoms with E-state index in [2.05, 4.69) is 23.5 Å². The molecule has 96 valence electrons. The molecule has 1 aromatic rings. The van der Waals surface area contributed by atoms with Gasteiger partial charge in [-0.2, -0.15) is 0 Å². The Bertz CT molecular complexity index is 302. The molecule has 17 heavy (non-hydrogen) atoms. The molecule has 0 bridgehead atoms. The Hall–Kier alpha value is -1.06. The number of ether oxygens (including phenoxy) is 1. The summed E-state index contributed by atoms with van der Waals surface area (Å²) in [6.07, 6.45) is 4.89. The van der Waals surface area contributed by atoms with Gasteiger partial charge in [-0.05, 0) is 50.6 Å². The van der Waals surface area contributed by atoms with Gasteiger partial charge in [-0.1, -0.05) is 18.6 Å². The van der Waals surface area contributed by atoms with Gasteiger partial charge in [-0.25, -0.2) is 0 Å². The second-order valence-corrected chi connectivity index (χ2v) is 4.20. The van der Waals surface area contributed by atoms with Crippen molar-refractivity contribution in [3.05, 3.63) is 29.8 Å². The minimum absolute atomic E-state index is 0.564. The predicted octanol–water partition coefficient (Wildman–Crippen LogP) is 1.96. The summed E-state index contributed by atoms with van der Waals surface area (Å²) < 4.78 is 5.51. The standard InChI is InChI=1S/C14H24N2O/c1-16-10-4-2-3-6-13-7-5-8-14(12-13)17-11-9-15/h5,7-8,12,16H,2-4,6,9-11,15H2,1H3. The van der Waals surface area contributed by atoms with E-state index in [-0.39, 0.29) is 0 Å². The normalized spacial score (nSPS) is 10.5. The monoisotopic (exact) mass is 236 g/mol.